The van der Waals surface area contributed by atoms with Crippen molar-refractivity contribution in [3.8, 4) is 11.5 Å². The van der Waals surface area contributed by atoms with Gasteiger partial charge in [0.05, 0.1) is 19.8 Å². The van der Waals surface area contributed by atoms with E-state index in [1.54, 1.807) is 32.4 Å². The highest BCUT2D eigenvalue weighted by atomic mass is 16.5. The molecule has 0 aliphatic heterocycles. The number of hydrogen-bond donors (Lipinski definition) is 1. The van der Waals surface area contributed by atoms with Crippen molar-refractivity contribution in [1.82, 2.24) is 5.32 Å². The average molecular weight is 221 g/mol. The topological polar surface area (TPSA) is 47.6 Å². The molecule has 1 aliphatic rings. The van der Waals surface area contributed by atoms with Crippen LogP contribution in [0.15, 0.2) is 18.2 Å². The van der Waals surface area contributed by atoms with Crippen LogP contribution in [0.2, 0.25) is 0 Å². The number of rotatable bonds is 4. The minimum absolute atomic E-state index is 0.0988. The Bertz CT molecular complexity index is 399. The van der Waals surface area contributed by atoms with Crippen LogP contribution in [0.5, 0.6) is 11.5 Å². The van der Waals surface area contributed by atoms with E-state index in [9.17, 15) is 4.79 Å². The second-order valence-corrected chi connectivity index (χ2v) is 3.81. The molecule has 0 unspecified atom stereocenters. The maximum atomic E-state index is 11.9. The van der Waals surface area contributed by atoms with Crippen LogP contribution in [-0.4, -0.2) is 26.2 Å². The third kappa shape index (κ3) is 2.27. The van der Waals surface area contributed by atoms with Crippen LogP contribution in [0.4, 0.5) is 0 Å². The van der Waals surface area contributed by atoms with Gasteiger partial charge in [0.15, 0.2) is 0 Å². The van der Waals surface area contributed by atoms with Gasteiger partial charge in [-0.15, -0.1) is 0 Å². The fraction of sp³-hybridized carbons (Fsp3) is 0.417. The molecule has 1 aromatic rings. The van der Waals surface area contributed by atoms with Crippen molar-refractivity contribution < 1.29 is 14.3 Å². The number of carbonyl (C=O) groups is 1. The fourth-order valence-electron chi connectivity index (χ4n) is 1.48. The largest absolute Gasteiger partial charge is 0.497 e. The molecule has 0 aromatic heterocycles. The normalized spacial score (nSPS) is 14.4. The van der Waals surface area contributed by atoms with Gasteiger partial charge in [-0.3, -0.25) is 4.79 Å². The number of nitrogens with one attached hydrogen (secondary N) is 1. The lowest BCUT2D eigenvalue weighted by Crippen LogP contribution is -2.25. The predicted molar refractivity (Wildman–Crippen MR) is 60.0 cm³/mol. The molecule has 1 amide bonds. The SMILES string of the molecule is COc1ccc(OC)c(C(=O)NC2CC2)c1. The fourth-order valence-corrected chi connectivity index (χ4v) is 1.48. The Morgan fingerprint density at radius 3 is 2.62 bits per heavy atom. The Hall–Kier alpha value is -1.71. The van der Waals surface area contributed by atoms with Gasteiger partial charge in [0.2, 0.25) is 0 Å². The maximum absolute atomic E-state index is 11.9. The van der Waals surface area contributed by atoms with Crippen molar-refractivity contribution in [3.05, 3.63) is 23.8 Å². The van der Waals surface area contributed by atoms with E-state index in [2.05, 4.69) is 5.32 Å². The molecule has 0 saturated heterocycles. The van der Waals surface area contributed by atoms with Gasteiger partial charge in [-0.2, -0.15) is 0 Å². The lowest BCUT2D eigenvalue weighted by Gasteiger charge is -2.10. The minimum Gasteiger partial charge on any atom is -0.497 e. The Kier molecular flexibility index (Phi) is 2.99. The summed E-state index contributed by atoms with van der Waals surface area (Å²) in [5, 5.41) is 2.92. The minimum atomic E-state index is -0.0988. The van der Waals surface area contributed by atoms with Gasteiger partial charge in [-0.1, -0.05) is 0 Å². The highest BCUT2D eigenvalue weighted by Gasteiger charge is 2.25. The molecular formula is C12H15NO3. The first-order chi connectivity index (χ1) is 7.74. The quantitative estimate of drug-likeness (QED) is 0.840. The highest BCUT2D eigenvalue weighted by Crippen LogP contribution is 2.25. The first-order valence-electron chi connectivity index (χ1n) is 5.27. The summed E-state index contributed by atoms with van der Waals surface area (Å²) in [5.74, 6) is 1.12. The first-order valence-corrected chi connectivity index (χ1v) is 5.27. The molecule has 2 rings (SSSR count). The van der Waals surface area contributed by atoms with Gasteiger partial charge in [0.25, 0.3) is 5.91 Å². The van der Waals surface area contributed by atoms with Crippen molar-refractivity contribution in [2.45, 2.75) is 18.9 Å². The van der Waals surface area contributed by atoms with E-state index in [-0.39, 0.29) is 5.91 Å². The standard InChI is InChI=1S/C12H15NO3/c1-15-9-5-6-11(16-2)10(7-9)12(14)13-8-3-4-8/h5-8H,3-4H2,1-2H3,(H,13,14). The molecule has 4 heteroatoms. The first kappa shape index (κ1) is 10.8. The van der Waals surface area contributed by atoms with Crippen LogP contribution in [0.1, 0.15) is 23.2 Å². The third-order valence-corrected chi connectivity index (χ3v) is 2.56. The number of hydrogen-bond acceptors (Lipinski definition) is 3. The molecule has 0 heterocycles. The molecule has 1 aromatic carbocycles. The third-order valence-electron chi connectivity index (χ3n) is 2.56. The molecule has 1 fully saturated rings. The summed E-state index contributed by atoms with van der Waals surface area (Å²) in [7, 11) is 3.13. The zero-order valence-corrected chi connectivity index (χ0v) is 9.45. The molecule has 1 saturated carbocycles. The van der Waals surface area contributed by atoms with E-state index in [0.717, 1.165) is 12.8 Å². The molecule has 1 aliphatic carbocycles. The van der Waals surface area contributed by atoms with E-state index in [0.29, 0.717) is 23.1 Å². The van der Waals surface area contributed by atoms with Crippen LogP contribution in [0.25, 0.3) is 0 Å². The number of amides is 1. The van der Waals surface area contributed by atoms with Crippen molar-refractivity contribution in [1.29, 1.82) is 0 Å². The summed E-state index contributed by atoms with van der Waals surface area (Å²) >= 11 is 0. The van der Waals surface area contributed by atoms with Crippen molar-refractivity contribution in [2.75, 3.05) is 14.2 Å². The monoisotopic (exact) mass is 221 g/mol. The van der Waals surface area contributed by atoms with E-state index in [1.807, 2.05) is 0 Å². The Morgan fingerprint density at radius 1 is 1.31 bits per heavy atom. The van der Waals surface area contributed by atoms with E-state index in [4.69, 9.17) is 9.47 Å². The summed E-state index contributed by atoms with van der Waals surface area (Å²) in [6.07, 6.45) is 2.13. The van der Waals surface area contributed by atoms with Gasteiger partial charge in [-0.25, -0.2) is 0 Å². The van der Waals surface area contributed by atoms with E-state index >= 15 is 0 Å². The van der Waals surface area contributed by atoms with E-state index < -0.39 is 0 Å². The molecule has 1 N–H and O–H groups in total. The van der Waals surface area contributed by atoms with Crippen LogP contribution >= 0.6 is 0 Å². The summed E-state index contributed by atoms with van der Waals surface area (Å²) in [6, 6.07) is 5.53. The lowest BCUT2D eigenvalue weighted by atomic mass is 10.1. The maximum Gasteiger partial charge on any atom is 0.255 e. The number of carbonyl (C=O) groups excluding carboxylic acids is 1. The molecule has 86 valence electrons. The molecular weight excluding hydrogens is 206 g/mol. The molecule has 0 bridgehead atoms. The molecule has 16 heavy (non-hydrogen) atoms. The highest BCUT2D eigenvalue weighted by molar-refractivity contribution is 5.97. The summed E-state index contributed by atoms with van der Waals surface area (Å²) in [6.45, 7) is 0. The lowest BCUT2D eigenvalue weighted by molar-refractivity contribution is 0.0947. The smallest absolute Gasteiger partial charge is 0.255 e. The second-order valence-electron chi connectivity index (χ2n) is 3.81. The Balaban J connectivity index is 2.23. The zero-order valence-electron chi connectivity index (χ0n) is 9.45. The van der Waals surface area contributed by atoms with Crippen molar-refractivity contribution in [2.24, 2.45) is 0 Å². The van der Waals surface area contributed by atoms with Gasteiger partial charge in [0, 0.05) is 6.04 Å². The average Bonchev–Trinajstić information content (AvgIpc) is 3.12. The van der Waals surface area contributed by atoms with Crippen LogP contribution < -0.4 is 14.8 Å². The Morgan fingerprint density at radius 2 is 2.06 bits per heavy atom. The van der Waals surface area contributed by atoms with Crippen LogP contribution in [0, 0.1) is 0 Å². The molecule has 0 spiro atoms. The molecule has 0 atom stereocenters. The summed E-state index contributed by atoms with van der Waals surface area (Å²) in [4.78, 5) is 11.9. The number of ether oxygens (including phenoxy) is 2. The second kappa shape index (κ2) is 4.43. The van der Waals surface area contributed by atoms with Crippen molar-refractivity contribution in [3.63, 3.8) is 0 Å². The number of benzene rings is 1. The van der Waals surface area contributed by atoms with Gasteiger partial charge >= 0.3 is 0 Å². The van der Waals surface area contributed by atoms with Gasteiger partial charge < -0.3 is 14.8 Å². The van der Waals surface area contributed by atoms with Crippen LogP contribution in [0.3, 0.4) is 0 Å². The number of methoxy groups -OCH3 is 2. The molecule has 0 radical (unpaired) electrons. The predicted octanol–water partition coefficient (Wildman–Crippen LogP) is 1.60. The van der Waals surface area contributed by atoms with Gasteiger partial charge in [-0.05, 0) is 31.0 Å². The van der Waals surface area contributed by atoms with E-state index in [1.165, 1.54) is 0 Å². The molecule has 4 nitrogen and oxygen atoms in total. The van der Waals surface area contributed by atoms with Crippen molar-refractivity contribution >= 4 is 5.91 Å². The van der Waals surface area contributed by atoms with Crippen LogP contribution in [-0.2, 0) is 0 Å². The summed E-state index contributed by atoms with van der Waals surface area (Å²) in [5.41, 5.74) is 0.522. The Labute approximate surface area is 94.6 Å². The van der Waals surface area contributed by atoms with Gasteiger partial charge in [0.1, 0.15) is 11.5 Å². The zero-order chi connectivity index (χ0) is 11.5. The summed E-state index contributed by atoms with van der Waals surface area (Å²) < 4.78 is 10.2.